The molecule has 0 saturated carbocycles. The van der Waals surface area contributed by atoms with E-state index in [4.69, 9.17) is 0 Å². The number of benzene rings is 1. The van der Waals surface area contributed by atoms with Gasteiger partial charge in [0.15, 0.2) is 0 Å². The summed E-state index contributed by atoms with van der Waals surface area (Å²) in [7, 11) is -3.55. The third kappa shape index (κ3) is 4.12. The maximum Gasteiger partial charge on any atom is 0.253 e. The molecule has 0 radical (unpaired) electrons. The van der Waals surface area contributed by atoms with E-state index in [1.165, 1.54) is 0 Å². The molecule has 0 aromatic heterocycles. The Morgan fingerprint density at radius 3 is 2.42 bits per heavy atom. The van der Waals surface area contributed by atoms with Crippen LogP contribution in [0.2, 0.25) is 0 Å². The summed E-state index contributed by atoms with van der Waals surface area (Å²) in [6, 6.07) is 6.70. The van der Waals surface area contributed by atoms with Gasteiger partial charge in [0, 0.05) is 31.2 Å². The average Bonchev–Trinajstić information content (AvgIpc) is 2.97. The third-order valence-electron chi connectivity index (χ3n) is 5.63. The number of carbonyl (C=O) groups is 1. The Labute approximate surface area is 157 Å². The third-order valence-corrected chi connectivity index (χ3v) is 7.57. The largest absolute Gasteiger partial charge is 0.339 e. The number of rotatable bonds is 4. The topological polar surface area (TPSA) is 57.7 Å². The van der Waals surface area contributed by atoms with Crippen LogP contribution >= 0.6 is 0 Å². The number of hydrogen-bond acceptors (Lipinski definition) is 3. The lowest BCUT2D eigenvalue weighted by Gasteiger charge is -2.34. The van der Waals surface area contributed by atoms with E-state index < -0.39 is 10.0 Å². The SMILES string of the molecule is CCC1CCCCN1S(=O)(=O)c1cccc(C(=O)N2CCCCCC2)c1. The first-order valence-corrected chi connectivity index (χ1v) is 11.4. The summed E-state index contributed by atoms with van der Waals surface area (Å²) in [5.74, 6) is -0.0466. The molecule has 26 heavy (non-hydrogen) atoms. The highest BCUT2D eigenvalue weighted by Gasteiger charge is 2.33. The van der Waals surface area contributed by atoms with Gasteiger partial charge in [0.25, 0.3) is 5.91 Å². The van der Waals surface area contributed by atoms with Gasteiger partial charge in [-0.15, -0.1) is 0 Å². The van der Waals surface area contributed by atoms with E-state index in [9.17, 15) is 13.2 Å². The Hall–Kier alpha value is -1.40. The number of hydrogen-bond donors (Lipinski definition) is 0. The summed E-state index contributed by atoms with van der Waals surface area (Å²) < 4.78 is 28.0. The van der Waals surface area contributed by atoms with E-state index in [1.807, 2.05) is 11.8 Å². The second-order valence-corrected chi connectivity index (χ2v) is 9.30. The van der Waals surface area contributed by atoms with Crippen molar-refractivity contribution < 1.29 is 13.2 Å². The molecule has 5 nitrogen and oxygen atoms in total. The van der Waals surface area contributed by atoms with E-state index in [1.54, 1.807) is 28.6 Å². The lowest BCUT2D eigenvalue weighted by molar-refractivity contribution is 0.0761. The highest BCUT2D eigenvalue weighted by atomic mass is 32.2. The minimum absolute atomic E-state index is 0.0466. The van der Waals surface area contributed by atoms with Gasteiger partial charge in [-0.3, -0.25) is 4.79 Å². The van der Waals surface area contributed by atoms with Gasteiger partial charge in [-0.2, -0.15) is 4.31 Å². The van der Waals surface area contributed by atoms with Crippen LogP contribution in [0.5, 0.6) is 0 Å². The summed E-state index contributed by atoms with van der Waals surface area (Å²) >= 11 is 0. The molecule has 144 valence electrons. The Morgan fingerprint density at radius 2 is 1.73 bits per heavy atom. The minimum Gasteiger partial charge on any atom is -0.339 e. The van der Waals surface area contributed by atoms with Crippen molar-refractivity contribution in [3.63, 3.8) is 0 Å². The van der Waals surface area contributed by atoms with Crippen LogP contribution in [0, 0.1) is 0 Å². The van der Waals surface area contributed by atoms with Crippen molar-refractivity contribution in [3.05, 3.63) is 29.8 Å². The summed E-state index contributed by atoms with van der Waals surface area (Å²) in [5.41, 5.74) is 0.484. The first-order chi connectivity index (χ1) is 12.5. The Morgan fingerprint density at radius 1 is 1.04 bits per heavy atom. The van der Waals surface area contributed by atoms with Crippen LogP contribution in [0.3, 0.4) is 0 Å². The van der Waals surface area contributed by atoms with Crippen LogP contribution in [-0.4, -0.2) is 49.2 Å². The second-order valence-electron chi connectivity index (χ2n) is 7.41. The molecule has 6 heteroatoms. The van der Waals surface area contributed by atoms with Crippen molar-refractivity contribution in [2.75, 3.05) is 19.6 Å². The van der Waals surface area contributed by atoms with Crippen LogP contribution in [-0.2, 0) is 10.0 Å². The lowest BCUT2D eigenvalue weighted by atomic mass is 10.0. The molecule has 2 fully saturated rings. The van der Waals surface area contributed by atoms with Gasteiger partial charge in [0.1, 0.15) is 0 Å². The minimum atomic E-state index is -3.55. The van der Waals surface area contributed by atoms with Crippen molar-refractivity contribution in [1.29, 1.82) is 0 Å². The molecule has 1 amide bonds. The first-order valence-electron chi connectivity index (χ1n) is 9.95. The van der Waals surface area contributed by atoms with E-state index in [2.05, 4.69) is 0 Å². The maximum atomic E-state index is 13.2. The van der Waals surface area contributed by atoms with E-state index in [0.29, 0.717) is 12.1 Å². The van der Waals surface area contributed by atoms with E-state index in [-0.39, 0.29) is 16.8 Å². The predicted molar refractivity (Wildman–Crippen MR) is 103 cm³/mol. The van der Waals surface area contributed by atoms with Crippen molar-refractivity contribution >= 4 is 15.9 Å². The summed E-state index contributed by atoms with van der Waals surface area (Å²) in [6.45, 7) is 4.14. The highest BCUT2D eigenvalue weighted by Crippen LogP contribution is 2.27. The summed E-state index contributed by atoms with van der Waals surface area (Å²) in [4.78, 5) is 15.0. The van der Waals surface area contributed by atoms with Crippen LogP contribution in [0.1, 0.15) is 68.6 Å². The zero-order chi connectivity index (χ0) is 18.6. The van der Waals surface area contributed by atoms with Gasteiger partial charge < -0.3 is 4.90 Å². The maximum absolute atomic E-state index is 13.2. The number of piperidine rings is 1. The monoisotopic (exact) mass is 378 g/mol. The van der Waals surface area contributed by atoms with Crippen molar-refractivity contribution in [1.82, 2.24) is 9.21 Å². The van der Waals surface area contributed by atoms with Crippen molar-refractivity contribution in [2.45, 2.75) is 69.2 Å². The fraction of sp³-hybridized carbons (Fsp3) is 0.650. The standard InChI is InChI=1S/C20H30N2O3S/c1-2-18-11-5-8-15-22(18)26(24,25)19-12-9-10-17(16-19)20(23)21-13-6-3-4-7-14-21/h9-10,12,16,18H,2-8,11,13-15H2,1H3. The van der Waals surface area contributed by atoms with Crippen LogP contribution in [0.15, 0.2) is 29.2 Å². The van der Waals surface area contributed by atoms with Gasteiger partial charge in [-0.1, -0.05) is 32.3 Å². The summed E-state index contributed by atoms with van der Waals surface area (Å²) in [6.07, 6.45) is 8.09. The summed E-state index contributed by atoms with van der Waals surface area (Å²) in [5, 5.41) is 0. The van der Waals surface area contributed by atoms with Crippen molar-refractivity contribution in [3.8, 4) is 0 Å². The molecular weight excluding hydrogens is 348 g/mol. The van der Waals surface area contributed by atoms with Gasteiger partial charge in [0.05, 0.1) is 4.90 Å². The van der Waals surface area contributed by atoms with Crippen LogP contribution in [0.4, 0.5) is 0 Å². The predicted octanol–water partition coefficient (Wildman–Crippen LogP) is 3.66. The zero-order valence-electron chi connectivity index (χ0n) is 15.7. The fourth-order valence-electron chi connectivity index (χ4n) is 4.08. The number of amides is 1. The Kier molecular flexibility index (Phi) is 6.35. The van der Waals surface area contributed by atoms with Gasteiger partial charge in [-0.05, 0) is 50.3 Å². The molecule has 0 N–H and O–H groups in total. The molecule has 1 unspecified atom stereocenters. The Bertz CT molecular complexity index is 724. The highest BCUT2D eigenvalue weighted by molar-refractivity contribution is 7.89. The molecule has 0 aliphatic carbocycles. The molecule has 1 aromatic carbocycles. The van der Waals surface area contributed by atoms with Crippen molar-refractivity contribution in [2.24, 2.45) is 0 Å². The Balaban J connectivity index is 1.84. The van der Waals surface area contributed by atoms with Gasteiger partial charge in [0.2, 0.25) is 10.0 Å². The normalized spacial score (nSPS) is 22.8. The molecule has 1 atom stereocenters. The molecule has 3 rings (SSSR count). The number of likely N-dealkylation sites (tertiary alicyclic amines) is 1. The molecule has 0 spiro atoms. The molecule has 2 aliphatic heterocycles. The van der Waals surface area contributed by atoms with Gasteiger partial charge in [-0.25, -0.2) is 8.42 Å². The smallest absolute Gasteiger partial charge is 0.253 e. The molecule has 1 aromatic rings. The average molecular weight is 379 g/mol. The van der Waals surface area contributed by atoms with Crippen LogP contribution in [0.25, 0.3) is 0 Å². The molecule has 2 saturated heterocycles. The lowest BCUT2D eigenvalue weighted by Crippen LogP contribution is -2.43. The quantitative estimate of drug-likeness (QED) is 0.803. The zero-order valence-corrected chi connectivity index (χ0v) is 16.5. The second kappa shape index (κ2) is 8.53. The first kappa shape index (κ1) is 19.4. The molecule has 0 bridgehead atoms. The number of nitrogens with zero attached hydrogens (tertiary/aromatic N) is 2. The molecule has 2 heterocycles. The number of carbonyl (C=O) groups excluding carboxylic acids is 1. The molecule has 2 aliphatic rings. The van der Waals surface area contributed by atoms with E-state index in [0.717, 1.165) is 64.5 Å². The number of sulfonamides is 1. The molecular formula is C20H30N2O3S. The van der Waals surface area contributed by atoms with Gasteiger partial charge >= 0.3 is 0 Å². The van der Waals surface area contributed by atoms with Crippen LogP contribution < -0.4 is 0 Å². The van der Waals surface area contributed by atoms with E-state index >= 15 is 0 Å². The fourth-order valence-corrected chi connectivity index (χ4v) is 5.89.